The van der Waals surface area contributed by atoms with Gasteiger partial charge in [0.1, 0.15) is 0 Å². The molecule has 0 radical (unpaired) electrons. The second-order valence-corrected chi connectivity index (χ2v) is 8.77. The molecule has 0 saturated heterocycles. The van der Waals surface area contributed by atoms with Gasteiger partial charge in [0.15, 0.2) is 0 Å². The molecule has 1 fully saturated rings. The van der Waals surface area contributed by atoms with Gasteiger partial charge in [0.25, 0.3) is 0 Å². The van der Waals surface area contributed by atoms with E-state index in [2.05, 4.69) is 68.5 Å². The third kappa shape index (κ3) is 3.95. The summed E-state index contributed by atoms with van der Waals surface area (Å²) in [7, 11) is 0. The summed E-state index contributed by atoms with van der Waals surface area (Å²) in [6, 6.07) is 18.6. The Balaban J connectivity index is 1.46. The first-order chi connectivity index (χ1) is 12.7. The van der Waals surface area contributed by atoms with Gasteiger partial charge in [-0.2, -0.15) is 0 Å². The van der Waals surface area contributed by atoms with Crippen molar-refractivity contribution in [2.75, 3.05) is 0 Å². The lowest BCUT2D eigenvalue weighted by molar-refractivity contribution is 0.348. The fourth-order valence-corrected chi connectivity index (χ4v) is 4.65. The minimum absolute atomic E-state index is 0.781. The van der Waals surface area contributed by atoms with Gasteiger partial charge in [0, 0.05) is 0 Å². The van der Waals surface area contributed by atoms with Gasteiger partial charge in [0.2, 0.25) is 0 Å². The van der Waals surface area contributed by atoms with Crippen LogP contribution in [0.15, 0.2) is 54.6 Å². The summed E-state index contributed by atoms with van der Waals surface area (Å²) < 4.78 is 0. The van der Waals surface area contributed by atoms with Gasteiger partial charge in [0.05, 0.1) is 0 Å². The van der Waals surface area contributed by atoms with E-state index in [9.17, 15) is 0 Å². The molecule has 0 spiro atoms. The maximum absolute atomic E-state index is 2.45. The molecule has 4 rings (SSSR count). The van der Waals surface area contributed by atoms with Crippen molar-refractivity contribution in [2.24, 2.45) is 11.8 Å². The molecule has 2 aliphatic carbocycles. The molecule has 1 unspecified atom stereocenters. The van der Waals surface area contributed by atoms with Crippen molar-refractivity contribution in [3.63, 3.8) is 0 Å². The van der Waals surface area contributed by atoms with E-state index in [0.29, 0.717) is 0 Å². The van der Waals surface area contributed by atoms with E-state index in [0.717, 1.165) is 17.8 Å². The van der Waals surface area contributed by atoms with E-state index >= 15 is 0 Å². The number of benzene rings is 2. The SMILES string of the molecule is CC1CC=C(c2ccc(-c3ccc(C4CCC(C)CC4)cc3)cc2)CC1. The van der Waals surface area contributed by atoms with Gasteiger partial charge in [-0.3, -0.25) is 0 Å². The molecular weight excluding hydrogens is 312 g/mol. The Morgan fingerprint density at radius 3 is 1.77 bits per heavy atom. The Bertz CT molecular complexity index is 740. The Morgan fingerprint density at radius 1 is 0.615 bits per heavy atom. The molecular formula is C26H32. The number of hydrogen-bond donors (Lipinski definition) is 0. The summed E-state index contributed by atoms with van der Waals surface area (Å²) in [5.41, 5.74) is 7.17. The smallest absolute Gasteiger partial charge is 0.0162 e. The van der Waals surface area contributed by atoms with Gasteiger partial charge in [-0.05, 0) is 77.7 Å². The van der Waals surface area contributed by atoms with E-state index in [-0.39, 0.29) is 0 Å². The second kappa shape index (κ2) is 7.82. The molecule has 0 heteroatoms. The lowest BCUT2D eigenvalue weighted by Gasteiger charge is -2.26. The standard InChI is InChI=1S/C26H32/c1-19-3-7-21(8-4-19)23-11-15-25(16-12-23)26-17-13-24(14-18-26)22-9-5-20(2)6-10-22/h7,11-20,22H,3-6,8-10H2,1-2H3. The van der Waals surface area contributed by atoms with Gasteiger partial charge >= 0.3 is 0 Å². The Kier molecular flexibility index (Phi) is 5.29. The maximum atomic E-state index is 2.45. The topological polar surface area (TPSA) is 0 Å². The second-order valence-electron chi connectivity index (χ2n) is 8.77. The van der Waals surface area contributed by atoms with Crippen LogP contribution >= 0.6 is 0 Å². The van der Waals surface area contributed by atoms with Crippen molar-refractivity contribution in [3.05, 3.63) is 65.7 Å². The molecule has 0 aromatic heterocycles. The highest BCUT2D eigenvalue weighted by atomic mass is 14.2. The summed E-state index contributed by atoms with van der Waals surface area (Å²) in [5, 5.41) is 0. The normalized spacial score (nSPS) is 26.4. The van der Waals surface area contributed by atoms with Crippen molar-refractivity contribution in [1.29, 1.82) is 0 Å². The average molecular weight is 345 g/mol. The van der Waals surface area contributed by atoms with Gasteiger partial charge in [-0.25, -0.2) is 0 Å². The predicted octanol–water partition coefficient (Wildman–Crippen LogP) is 7.85. The van der Waals surface area contributed by atoms with Gasteiger partial charge < -0.3 is 0 Å². The molecule has 2 aromatic carbocycles. The molecule has 2 aromatic rings. The van der Waals surface area contributed by atoms with Crippen molar-refractivity contribution in [2.45, 2.75) is 64.7 Å². The van der Waals surface area contributed by atoms with E-state index in [4.69, 9.17) is 0 Å². The Morgan fingerprint density at radius 2 is 1.19 bits per heavy atom. The van der Waals surface area contributed by atoms with Crippen LogP contribution in [0.3, 0.4) is 0 Å². The highest BCUT2D eigenvalue weighted by Gasteiger charge is 2.19. The number of allylic oxidation sites excluding steroid dienone is 2. The zero-order chi connectivity index (χ0) is 17.9. The zero-order valence-electron chi connectivity index (χ0n) is 16.4. The first kappa shape index (κ1) is 17.6. The van der Waals surface area contributed by atoms with Gasteiger partial charge in [-0.1, -0.05) is 81.3 Å². The number of hydrogen-bond acceptors (Lipinski definition) is 0. The van der Waals surface area contributed by atoms with Crippen molar-refractivity contribution < 1.29 is 0 Å². The Labute approximate surface area is 159 Å². The summed E-state index contributed by atoms with van der Waals surface area (Å²) in [4.78, 5) is 0. The van der Waals surface area contributed by atoms with E-state index in [1.54, 1.807) is 5.56 Å². The van der Waals surface area contributed by atoms with Crippen LogP contribution in [0.5, 0.6) is 0 Å². The lowest BCUT2D eigenvalue weighted by Crippen LogP contribution is -2.10. The van der Waals surface area contributed by atoms with Crippen LogP contribution in [0.4, 0.5) is 0 Å². The maximum Gasteiger partial charge on any atom is -0.0162 e. The monoisotopic (exact) mass is 344 g/mol. The fourth-order valence-electron chi connectivity index (χ4n) is 4.65. The van der Waals surface area contributed by atoms with Crippen LogP contribution in [-0.2, 0) is 0 Å². The first-order valence-corrected chi connectivity index (χ1v) is 10.6. The molecule has 26 heavy (non-hydrogen) atoms. The fraction of sp³-hybridized carbons (Fsp3) is 0.462. The third-order valence-electron chi connectivity index (χ3n) is 6.66. The minimum atomic E-state index is 0.781. The van der Waals surface area contributed by atoms with Crippen LogP contribution in [0.25, 0.3) is 16.7 Å². The molecule has 0 heterocycles. The molecule has 0 nitrogen and oxygen atoms in total. The van der Waals surface area contributed by atoms with Crippen LogP contribution in [0.1, 0.15) is 75.8 Å². The minimum Gasteiger partial charge on any atom is -0.0805 e. The van der Waals surface area contributed by atoms with E-state index in [1.165, 1.54) is 67.2 Å². The largest absolute Gasteiger partial charge is 0.0805 e. The van der Waals surface area contributed by atoms with E-state index in [1.807, 2.05) is 0 Å². The highest BCUT2D eigenvalue weighted by molar-refractivity contribution is 5.71. The highest BCUT2D eigenvalue weighted by Crippen LogP contribution is 2.36. The molecule has 136 valence electrons. The molecule has 1 saturated carbocycles. The van der Waals surface area contributed by atoms with Crippen LogP contribution < -0.4 is 0 Å². The predicted molar refractivity (Wildman–Crippen MR) is 113 cm³/mol. The van der Waals surface area contributed by atoms with Gasteiger partial charge in [-0.15, -0.1) is 0 Å². The summed E-state index contributed by atoms with van der Waals surface area (Å²) in [6.07, 6.45) is 11.8. The lowest BCUT2D eigenvalue weighted by atomic mass is 9.79. The zero-order valence-corrected chi connectivity index (χ0v) is 16.4. The molecule has 0 bridgehead atoms. The van der Waals surface area contributed by atoms with Crippen molar-refractivity contribution in [3.8, 4) is 11.1 Å². The summed E-state index contributed by atoms with van der Waals surface area (Å²) in [6.45, 7) is 4.75. The van der Waals surface area contributed by atoms with Crippen LogP contribution in [-0.4, -0.2) is 0 Å². The van der Waals surface area contributed by atoms with Crippen LogP contribution in [0.2, 0.25) is 0 Å². The van der Waals surface area contributed by atoms with Crippen molar-refractivity contribution in [1.82, 2.24) is 0 Å². The molecule has 0 aliphatic heterocycles. The molecule has 2 aliphatic rings. The average Bonchev–Trinajstić information content (AvgIpc) is 2.70. The van der Waals surface area contributed by atoms with E-state index < -0.39 is 0 Å². The van der Waals surface area contributed by atoms with Crippen molar-refractivity contribution >= 4 is 5.57 Å². The summed E-state index contributed by atoms with van der Waals surface area (Å²) >= 11 is 0. The van der Waals surface area contributed by atoms with Crippen LogP contribution in [0, 0.1) is 11.8 Å². The summed E-state index contributed by atoms with van der Waals surface area (Å²) in [5.74, 6) is 2.55. The molecule has 1 atom stereocenters. The third-order valence-corrected chi connectivity index (χ3v) is 6.66. The Hall–Kier alpha value is -1.82. The first-order valence-electron chi connectivity index (χ1n) is 10.6. The molecule has 0 N–H and O–H groups in total. The number of rotatable bonds is 3. The molecule has 0 amide bonds. The quantitative estimate of drug-likeness (QED) is 0.531.